The number of fused-ring (bicyclic) bond motifs is 1. The van der Waals surface area contributed by atoms with Gasteiger partial charge >= 0.3 is 0 Å². The second-order valence-electron chi connectivity index (χ2n) is 5.46. The van der Waals surface area contributed by atoms with Gasteiger partial charge in [-0.2, -0.15) is 0 Å². The summed E-state index contributed by atoms with van der Waals surface area (Å²) < 4.78 is 2.04. The van der Waals surface area contributed by atoms with Gasteiger partial charge in [0.2, 0.25) is 0 Å². The van der Waals surface area contributed by atoms with E-state index < -0.39 is 0 Å². The minimum absolute atomic E-state index is 0.0293. The van der Waals surface area contributed by atoms with E-state index in [1.807, 2.05) is 17.9 Å². The summed E-state index contributed by atoms with van der Waals surface area (Å²) in [6, 6.07) is 14.9. The maximum atomic E-state index is 5.89. The maximum absolute atomic E-state index is 5.89. The predicted molar refractivity (Wildman–Crippen MR) is 86.9 cm³/mol. The third-order valence-corrected chi connectivity index (χ3v) is 3.81. The van der Waals surface area contributed by atoms with Crippen LogP contribution >= 0.6 is 0 Å². The highest BCUT2D eigenvalue weighted by Crippen LogP contribution is 2.24. The van der Waals surface area contributed by atoms with Gasteiger partial charge in [0.15, 0.2) is 0 Å². The molecule has 0 saturated carbocycles. The smallest absolute Gasteiger partial charge is 0.0955 e. The van der Waals surface area contributed by atoms with Crippen LogP contribution in [0.15, 0.2) is 48.8 Å². The molecular weight excluding hydrogens is 260 g/mol. The van der Waals surface area contributed by atoms with Gasteiger partial charge in [0.25, 0.3) is 0 Å². The van der Waals surface area contributed by atoms with Gasteiger partial charge in [0.1, 0.15) is 0 Å². The maximum Gasteiger partial charge on any atom is 0.0955 e. The van der Waals surface area contributed by atoms with Gasteiger partial charge < -0.3 is 16.0 Å². The Kier molecular flexibility index (Phi) is 3.73. The van der Waals surface area contributed by atoms with E-state index >= 15 is 0 Å². The van der Waals surface area contributed by atoms with Crippen LogP contribution in [-0.4, -0.2) is 22.1 Å². The van der Waals surface area contributed by atoms with Gasteiger partial charge in [-0.05, 0) is 35.2 Å². The minimum Gasteiger partial charge on any atom is -0.334 e. The summed E-state index contributed by atoms with van der Waals surface area (Å²) in [7, 11) is 2.01. The van der Waals surface area contributed by atoms with Gasteiger partial charge in [-0.15, -0.1) is 0 Å². The number of nitrogens with zero attached hydrogens (tertiary/aromatic N) is 2. The number of aromatic nitrogens is 2. The third-order valence-electron chi connectivity index (χ3n) is 3.81. The Bertz CT molecular complexity index is 743. The van der Waals surface area contributed by atoms with Crippen LogP contribution < -0.4 is 11.5 Å². The van der Waals surface area contributed by atoms with Crippen LogP contribution in [0.25, 0.3) is 22.2 Å². The van der Waals surface area contributed by atoms with E-state index in [9.17, 15) is 0 Å². The van der Waals surface area contributed by atoms with Crippen molar-refractivity contribution in [2.75, 3.05) is 6.54 Å². The standard InChI is InChI=1S/C17H20N4/c1-21-11-20-16-7-6-14(9-17(16)21)13-4-2-12(3-5-13)8-15(19)10-18/h2-7,9,11,15H,8,10,18-19H2,1H3/t15-/m0/s1. The Morgan fingerprint density at radius 3 is 2.52 bits per heavy atom. The zero-order valence-electron chi connectivity index (χ0n) is 12.2. The largest absolute Gasteiger partial charge is 0.334 e. The lowest BCUT2D eigenvalue weighted by atomic mass is 10.0. The molecule has 0 spiro atoms. The summed E-state index contributed by atoms with van der Waals surface area (Å²) in [6.45, 7) is 0.513. The minimum atomic E-state index is 0.0293. The molecule has 4 nitrogen and oxygen atoms in total. The van der Waals surface area contributed by atoms with Gasteiger partial charge in [-0.25, -0.2) is 4.98 Å². The fraction of sp³-hybridized carbons (Fsp3) is 0.235. The first-order valence-electron chi connectivity index (χ1n) is 7.13. The second-order valence-corrected chi connectivity index (χ2v) is 5.46. The average molecular weight is 280 g/mol. The number of hydrogen-bond donors (Lipinski definition) is 2. The zero-order chi connectivity index (χ0) is 14.8. The van der Waals surface area contributed by atoms with E-state index in [1.54, 1.807) is 0 Å². The van der Waals surface area contributed by atoms with Gasteiger partial charge in [-0.1, -0.05) is 30.3 Å². The molecule has 0 radical (unpaired) electrons. The van der Waals surface area contributed by atoms with Crippen LogP contribution in [0.4, 0.5) is 0 Å². The summed E-state index contributed by atoms with van der Waals surface area (Å²) in [4.78, 5) is 4.35. The van der Waals surface area contributed by atoms with Gasteiger partial charge in [0, 0.05) is 19.6 Å². The van der Waals surface area contributed by atoms with E-state index in [4.69, 9.17) is 11.5 Å². The summed E-state index contributed by atoms with van der Waals surface area (Å²) in [5.74, 6) is 0. The van der Waals surface area contributed by atoms with Crippen LogP contribution in [0.3, 0.4) is 0 Å². The molecule has 0 saturated heterocycles. The van der Waals surface area contributed by atoms with E-state index in [-0.39, 0.29) is 6.04 Å². The Labute approximate surface area is 124 Å². The molecule has 1 atom stereocenters. The van der Waals surface area contributed by atoms with Crippen LogP contribution in [0.2, 0.25) is 0 Å². The molecule has 1 heterocycles. The van der Waals surface area contributed by atoms with Crippen LogP contribution in [0.1, 0.15) is 5.56 Å². The molecule has 3 aromatic rings. The highest BCUT2D eigenvalue weighted by molar-refractivity contribution is 5.82. The molecular formula is C17H20N4. The SMILES string of the molecule is Cn1cnc2ccc(-c3ccc(C[C@H](N)CN)cc3)cc21. The Morgan fingerprint density at radius 2 is 1.81 bits per heavy atom. The van der Waals surface area contributed by atoms with Crippen molar-refractivity contribution < 1.29 is 0 Å². The highest BCUT2D eigenvalue weighted by Gasteiger charge is 2.05. The topological polar surface area (TPSA) is 69.9 Å². The molecule has 108 valence electrons. The van der Waals surface area contributed by atoms with E-state index in [2.05, 4.69) is 47.4 Å². The van der Waals surface area contributed by atoms with E-state index in [0.717, 1.165) is 17.5 Å². The highest BCUT2D eigenvalue weighted by atomic mass is 15.0. The van der Waals surface area contributed by atoms with Crippen molar-refractivity contribution in [1.82, 2.24) is 9.55 Å². The first kappa shape index (κ1) is 13.8. The van der Waals surface area contributed by atoms with Crippen molar-refractivity contribution in [3.63, 3.8) is 0 Å². The van der Waals surface area contributed by atoms with E-state index in [1.165, 1.54) is 16.7 Å². The lowest BCUT2D eigenvalue weighted by molar-refractivity contribution is 0.679. The second kappa shape index (κ2) is 5.68. The molecule has 0 unspecified atom stereocenters. The summed E-state index contributed by atoms with van der Waals surface area (Å²) in [5.41, 5.74) is 17.2. The lowest BCUT2D eigenvalue weighted by Gasteiger charge is -2.09. The lowest BCUT2D eigenvalue weighted by Crippen LogP contribution is -2.31. The number of nitrogens with two attached hydrogens (primary N) is 2. The molecule has 2 aromatic carbocycles. The average Bonchev–Trinajstić information content (AvgIpc) is 2.89. The first-order chi connectivity index (χ1) is 10.2. The van der Waals surface area contributed by atoms with E-state index in [0.29, 0.717) is 6.54 Å². The molecule has 3 rings (SSSR count). The van der Waals surface area contributed by atoms with Crippen molar-refractivity contribution in [3.05, 3.63) is 54.4 Å². The van der Waals surface area contributed by atoms with Crippen LogP contribution in [0.5, 0.6) is 0 Å². The zero-order valence-corrected chi connectivity index (χ0v) is 12.2. The fourth-order valence-corrected chi connectivity index (χ4v) is 2.53. The monoisotopic (exact) mass is 280 g/mol. The quantitative estimate of drug-likeness (QED) is 0.768. The fourth-order valence-electron chi connectivity index (χ4n) is 2.53. The summed E-state index contributed by atoms with van der Waals surface area (Å²) in [6.07, 6.45) is 2.66. The molecule has 0 aliphatic heterocycles. The number of aryl methyl sites for hydroxylation is 1. The Morgan fingerprint density at radius 1 is 1.10 bits per heavy atom. The van der Waals surface area contributed by atoms with Crippen molar-refractivity contribution in [3.8, 4) is 11.1 Å². The number of hydrogen-bond acceptors (Lipinski definition) is 3. The Hall–Kier alpha value is -2.17. The molecule has 4 heteroatoms. The molecule has 21 heavy (non-hydrogen) atoms. The molecule has 0 aliphatic carbocycles. The third kappa shape index (κ3) is 2.82. The summed E-state index contributed by atoms with van der Waals surface area (Å²) in [5, 5.41) is 0. The molecule has 1 aromatic heterocycles. The van der Waals surface area contributed by atoms with Gasteiger partial charge in [-0.3, -0.25) is 0 Å². The molecule has 0 bridgehead atoms. The van der Waals surface area contributed by atoms with Crippen LogP contribution in [-0.2, 0) is 13.5 Å². The number of benzene rings is 2. The van der Waals surface area contributed by atoms with Crippen molar-refractivity contribution in [2.24, 2.45) is 18.5 Å². The predicted octanol–water partition coefficient (Wildman–Crippen LogP) is 2.07. The number of imidazole rings is 1. The molecule has 4 N–H and O–H groups in total. The number of rotatable bonds is 4. The van der Waals surface area contributed by atoms with Crippen molar-refractivity contribution >= 4 is 11.0 Å². The Balaban J connectivity index is 1.89. The van der Waals surface area contributed by atoms with Crippen molar-refractivity contribution in [2.45, 2.75) is 12.5 Å². The molecule has 0 amide bonds. The molecule has 0 fully saturated rings. The van der Waals surface area contributed by atoms with Gasteiger partial charge in [0.05, 0.1) is 17.4 Å². The van der Waals surface area contributed by atoms with Crippen LogP contribution in [0, 0.1) is 0 Å². The summed E-state index contributed by atoms with van der Waals surface area (Å²) >= 11 is 0. The first-order valence-corrected chi connectivity index (χ1v) is 7.13. The molecule has 0 aliphatic rings. The normalized spacial score (nSPS) is 12.7. The van der Waals surface area contributed by atoms with Crippen molar-refractivity contribution in [1.29, 1.82) is 0 Å².